The van der Waals surface area contributed by atoms with Crippen molar-refractivity contribution in [1.29, 1.82) is 5.26 Å². The molecule has 0 amide bonds. The minimum atomic E-state index is -0.676. The van der Waals surface area contributed by atoms with Crippen LogP contribution in [0.25, 0.3) is 0 Å². The Bertz CT molecular complexity index is 364. The van der Waals surface area contributed by atoms with Gasteiger partial charge >= 0.3 is 0 Å². The number of nitrogens with zero attached hydrogens (tertiary/aromatic N) is 1. The van der Waals surface area contributed by atoms with Gasteiger partial charge in [0, 0.05) is 19.2 Å². The molecular formula is C10H11FN2O2. The molecule has 0 spiro atoms. The molecule has 0 aromatic heterocycles. The van der Waals surface area contributed by atoms with Gasteiger partial charge < -0.3 is 15.2 Å². The van der Waals surface area contributed by atoms with Gasteiger partial charge in [-0.25, -0.2) is 4.39 Å². The third kappa shape index (κ3) is 2.82. The van der Waals surface area contributed by atoms with Crippen LogP contribution < -0.4 is 10.5 Å². The molecule has 2 N–H and O–H groups in total. The number of anilines is 1. The predicted octanol–water partition coefficient (Wildman–Crippen LogP) is 1.30. The zero-order valence-electron chi connectivity index (χ0n) is 8.29. The van der Waals surface area contributed by atoms with Crippen molar-refractivity contribution in [2.45, 2.75) is 0 Å². The fourth-order valence-corrected chi connectivity index (χ4v) is 1.05. The van der Waals surface area contributed by atoms with E-state index in [1.54, 1.807) is 6.07 Å². The molecule has 0 radical (unpaired) electrons. The number of hydrogen-bond acceptors (Lipinski definition) is 4. The van der Waals surface area contributed by atoms with Gasteiger partial charge in [0.15, 0.2) is 0 Å². The molecule has 4 nitrogen and oxygen atoms in total. The number of benzene rings is 1. The van der Waals surface area contributed by atoms with E-state index in [9.17, 15) is 4.39 Å². The number of methoxy groups -OCH3 is 1. The molecule has 0 atom stereocenters. The summed E-state index contributed by atoms with van der Waals surface area (Å²) in [7, 11) is 1.54. The van der Waals surface area contributed by atoms with Crippen LogP contribution in [-0.4, -0.2) is 20.3 Å². The summed E-state index contributed by atoms with van der Waals surface area (Å²) >= 11 is 0. The minimum absolute atomic E-state index is 0.0740. The highest BCUT2D eigenvalue weighted by Gasteiger charge is 2.08. The molecule has 1 aromatic rings. The first-order valence-corrected chi connectivity index (χ1v) is 4.30. The molecule has 1 rings (SSSR count). The number of nitrogens with two attached hydrogens (primary N) is 1. The second-order valence-electron chi connectivity index (χ2n) is 2.82. The average molecular weight is 210 g/mol. The first kappa shape index (κ1) is 11.3. The monoisotopic (exact) mass is 210 g/mol. The molecule has 5 heteroatoms. The normalized spacial score (nSPS) is 9.67. The van der Waals surface area contributed by atoms with Crippen LogP contribution in [0.15, 0.2) is 12.1 Å². The van der Waals surface area contributed by atoms with E-state index in [0.29, 0.717) is 19.0 Å². The van der Waals surface area contributed by atoms with Crippen LogP contribution in [-0.2, 0) is 4.74 Å². The summed E-state index contributed by atoms with van der Waals surface area (Å²) < 4.78 is 23.1. The molecule has 15 heavy (non-hydrogen) atoms. The van der Waals surface area contributed by atoms with Crippen molar-refractivity contribution in [2.75, 3.05) is 26.1 Å². The van der Waals surface area contributed by atoms with Gasteiger partial charge in [0.05, 0.1) is 12.3 Å². The predicted molar refractivity (Wildman–Crippen MR) is 52.9 cm³/mol. The third-order valence-corrected chi connectivity index (χ3v) is 1.76. The summed E-state index contributed by atoms with van der Waals surface area (Å²) in [6, 6.07) is 4.22. The highest BCUT2D eigenvalue weighted by molar-refractivity contribution is 5.57. The first-order valence-electron chi connectivity index (χ1n) is 4.30. The van der Waals surface area contributed by atoms with Crippen LogP contribution in [0.5, 0.6) is 5.75 Å². The topological polar surface area (TPSA) is 68.3 Å². The van der Waals surface area contributed by atoms with Crippen molar-refractivity contribution in [2.24, 2.45) is 0 Å². The van der Waals surface area contributed by atoms with Gasteiger partial charge in [-0.3, -0.25) is 0 Å². The highest BCUT2D eigenvalue weighted by Crippen LogP contribution is 2.22. The van der Waals surface area contributed by atoms with Gasteiger partial charge in [-0.15, -0.1) is 0 Å². The third-order valence-electron chi connectivity index (χ3n) is 1.76. The summed E-state index contributed by atoms with van der Waals surface area (Å²) in [5.41, 5.74) is 5.38. The van der Waals surface area contributed by atoms with E-state index < -0.39 is 5.82 Å². The van der Waals surface area contributed by atoms with Gasteiger partial charge in [-0.2, -0.15) is 5.26 Å². The van der Waals surface area contributed by atoms with Crippen molar-refractivity contribution in [1.82, 2.24) is 0 Å². The standard InChI is InChI=1S/C10H11FN2O2/c1-14-2-3-15-7-4-9(11)8(6-12)10(13)5-7/h4-5H,2-3,13H2,1H3. The lowest BCUT2D eigenvalue weighted by atomic mass is 10.2. The molecule has 80 valence electrons. The van der Waals surface area contributed by atoms with Crippen LogP contribution in [0, 0.1) is 17.1 Å². The number of nitriles is 1. The molecule has 0 aliphatic carbocycles. The van der Waals surface area contributed by atoms with E-state index in [1.165, 1.54) is 13.2 Å². The Labute approximate surface area is 87.0 Å². The van der Waals surface area contributed by atoms with E-state index in [4.69, 9.17) is 20.5 Å². The Morgan fingerprint density at radius 1 is 1.47 bits per heavy atom. The Morgan fingerprint density at radius 3 is 2.73 bits per heavy atom. The summed E-state index contributed by atoms with van der Waals surface area (Å²) in [4.78, 5) is 0. The highest BCUT2D eigenvalue weighted by atomic mass is 19.1. The SMILES string of the molecule is COCCOc1cc(N)c(C#N)c(F)c1. The number of hydrogen-bond donors (Lipinski definition) is 1. The van der Waals surface area contributed by atoms with Crippen molar-refractivity contribution in [3.05, 3.63) is 23.5 Å². The molecule has 0 saturated carbocycles. The van der Waals surface area contributed by atoms with Gasteiger partial charge in [0.2, 0.25) is 0 Å². The van der Waals surface area contributed by atoms with Crippen molar-refractivity contribution in [3.63, 3.8) is 0 Å². The van der Waals surface area contributed by atoms with E-state index in [2.05, 4.69) is 0 Å². The molecule has 0 saturated heterocycles. The lowest BCUT2D eigenvalue weighted by Crippen LogP contribution is -2.05. The Kier molecular flexibility index (Phi) is 3.89. The Hall–Kier alpha value is -1.80. The number of ether oxygens (including phenoxy) is 2. The smallest absolute Gasteiger partial charge is 0.146 e. The molecule has 0 heterocycles. The minimum Gasteiger partial charge on any atom is -0.491 e. The van der Waals surface area contributed by atoms with Crippen LogP contribution in [0.4, 0.5) is 10.1 Å². The summed E-state index contributed by atoms with van der Waals surface area (Å²) in [5, 5.41) is 8.57. The molecule has 0 aliphatic rings. The lowest BCUT2D eigenvalue weighted by Gasteiger charge is -2.07. The molecule has 1 aromatic carbocycles. The zero-order chi connectivity index (χ0) is 11.3. The fourth-order valence-electron chi connectivity index (χ4n) is 1.05. The number of rotatable bonds is 4. The van der Waals surface area contributed by atoms with Crippen molar-refractivity contribution < 1.29 is 13.9 Å². The van der Waals surface area contributed by atoms with Gasteiger partial charge in [-0.1, -0.05) is 0 Å². The zero-order valence-corrected chi connectivity index (χ0v) is 8.29. The summed E-state index contributed by atoms with van der Waals surface area (Å²) in [6.45, 7) is 0.711. The van der Waals surface area contributed by atoms with Gasteiger partial charge in [0.1, 0.15) is 29.8 Å². The number of nitrogen functional groups attached to an aromatic ring is 1. The van der Waals surface area contributed by atoms with E-state index >= 15 is 0 Å². The average Bonchev–Trinajstić information content (AvgIpc) is 2.18. The largest absolute Gasteiger partial charge is 0.491 e. The summed E-state index contributed by atoms with van der Waals surface area (Å²) in [6.07, 6.45) is 0. The van der Waals surface area contributed by atoms with Gasteiger partial charge in [0.25, 0.3) is 0 Å². The van der Waals surface area contributed by atoms with Crippen LogP contribution in [0.3, 0.4) is 0 Å². The van der Waals surface area contributed by atoms with E-state index in [1.807, 2.05) is 0 Å². The molecule has 0 fully saturated rings. The van der Waals surface area contributed by atoms with Gasteiger partial charge in [-0.05, 0) is 0 Å². The maximum atomic E-state index is 13.2. The van der Waals surface area contributed by atoms with E-state index in [0.717, 1.165) is 6.07 Å². The maximum absolute atomic E-state index is 13.2. The van der Waals surface area contributed by atoms with Crippen LogP contribution in [0.2, 0.25) is 0 Å². The fraction of sp³-hybridized carbons (Fsp3) is 0.300. The van der Waals surface area contributed by atoms with Crippen LogP contribution >= 0.6 is 0 Å². The second kappa shape index (κ2) is 5.17. The quantitative estimate of drug-likeness (QED) is 0.600. The molecule has 0 aliphatic heterocycles. The Morgan fingerprint density at radius 2 is 2.20 bits per heavy atom. The Balaban J connectivity index is 2.81. The van der Waals surface area contributed by atoms with Crippen molar-refractivity contribution >= 4 is 5.69 Å². The first-order chi connectivity index (χ1) is 7.19. The second-order valence-corrected chi connectivity index (χ2v) is 2.82. The van der Waals surface area contributed by atoms with Crippen molar-refractivity contribution in [3.8, 4) is 11.8 Å². The maximum Gasteiger partial charge on any atom is 0.146 e. The lowest BCUT2D eigenvalue weighted by molar-refractivity contribution is 0.146. The summed E-state index contributed by atoms with van der Waals surface area (Å²) in [5.74, 6) is -0.383. The molecule has 0 bridgehead atoms. The molecular weight excluding hydrogens is 199 g/mol. The number of halogens is 1. The van der Waals surface area contributed by atoms with E-state index in [-0.39, 0.29) is 11.3 Å². The van der Waals surface area contributed by atoms with Crippen LogP contribution in [0.1, 0.15) is 5.56 Å². The molecule has 0 unspecified atom stereocenters.